The Morgan fingerprint density at radius 1 is 1.12 bits per heavy atom. The van der Waals surface area contributed by atoms with Crippen LogP contribution in [0.5, 0.6) is 5.75 Å². The van der Waals surface area contributed by atoms with E-state index in [0.29, 0.717) is 41.9 Å². The molecule has 1 aromatic heterocycles. The van der Waals surface area contributed by atoms with Gasteiger partial charge in [0.25, 0.3) is 0 Å². The van der Waals surface area contributed by atoms with Gasteiger partial charge in [-0.25, -0.2) is 0 Å². The van der Waals surface area contributed by atoms with Crippen molar-refractivity contribution in [3.8, 4) is 22.8 Å². The van der Waals surface area contributed by atoms with E-state index in [-0.39, 0.29) is 17.6 Å². The van der Waals surface area contributed by atoms with E-state index in [2.05, 4.69) is 10.2 Å². The Bertz CT molecular complexity index is 1140. The van der Waals surface area contributed by atoms with Crippen molar-refractivity contribution in [2.75, 3.05) is 26.0 Å². The molecule has 1 aliphatic rings. The van der Waals surface area contributed by atoms with E-state index >= 15 is 0 Å². The second-order valence-electron chi connectivity index (χ2n) is 7.60. The van der Waals surface area contributed by atoms with Crippen LogP contribution in [-0.2, 0) is 9.59 Å². The van der Waals surface area contributed by atoms with Crippen molar-refractivity contribution in [2.45, 2.75) is 18.0 Å². The highest BCUT2D eigenvalue weighted by atomic mass is 35.5. The second kappa shape index (κ2) is 10.3. The van der Waals surface area contributed by atoms with E-state index in [1.54, 1.807) is 18.1 Å². The topological polar surface area (TPSA) is 97.5 Å². The number of rotatable bonds is 7. The van der Waals surface area contributed by atoms with E-state index in [1.165, 1.54) is 11.8 Å². The minimum absolute atomic E-state index is 0.0487. The van der Waals surface area contributed by atoms with Crippen LogP contribution in [0.4, 0.5) is 0 Å². The van der Waals surface area contributed by atoms with Crippen LogP contribution in [0.3, 0.4) is 0 Å². The maximum absolute atomic E-state index is 12.8. The molecule has 0 bridgehead atoms. The number of methoxy groups -OCH3 is 1. The fourth-order valence-electron chi connectivity index (χ4n) is 3.74. The van der Waals surface area contributed by atoms with Crippen LogP contribution in [-0.4, -0.2) is 62.6 Å². The summed E-state index contributed by atoms with van der Waals surface area (Å²) in [5.41, 5.74) is 1.55. The van der Waals surface area contributed by atoms with Gasteiger partial charge in [0.2, 0.25) is 5.91 Å². The third kappa shape index (κ3) is 5.15. The molecule has 0 saturated carbocycles. The smallest absolute Gasteiger partial charge is 0.306 e. The minimum atomic E-state index is -0.795. The van der Waals surface area contributed by atoms with Crippen LogP contribution in [0.1, 0.15) is 12.8 Å². The average molecular weight is 487 g/mol. The molecule has 0 atom stereocenters. The van der Waals surface area contributed by atoms with Crippen LogP contribution in [0.2, 0.25) is 5.02 Å². The number of thioether (sulfide) groups is 1. The van der Waals surface area contributed by atoms with Crippen molar-refractivity contribution in [1.29, 1.82) is 0 Å². The van der Waals surface area contributed by atoms with Gasteiger partial charge in [-0.1, -0.05) is 35.5 Å². The second-order valence-corrected chi connectivity index (χ2v) is 8.95. The number of hydrogen-bond acceptors (Lipinski definition) is 6. The molecule has 172 valence electrons. The summed E-state index contributed by atoms with van der Waals surface area (Å²) < 4.78 is 7.14. The molecule has 2 heterocycles. The molecule has 0 unspecified atom stereocenters. The quantitative estimate of drug-likeness (QED) is 0.504. The SMILES string of the molecule is COc1ccc(-n2c(SCC(=O)N3CCC(C(=O)O)CC3)nnc2-c2ccccc2Cl)cc1. The molecule has 10 heteroatoms. The molecule has 1 saturated heterocycles. The highest BCUT2D eigenvalue weighted by Crippen LogP contribution is 2.32. The van der Waals surface area contributed by atoms with Crippen LogP contribution >= 0.6 is 23.4 Å². The number of carbonyl (C=O) groups is 2. The number of hydrogen-bond donors (Lipinski definition) is 1. The zero-order chi connectivity index (χ0) is 23.4. The zero-order valence-electron chi connectivity index (χ0n) is 18.0. The molecule has 1 fully saturated rings. The standard InChI is InChI=1S/C23H23ClN4O4S/c1-32-17-8-6-16(7-9-17)28-21(18-4-2-3-5-19(18)24)25-26-23(28)33-14-20(29)27-12-10-15(11-13-27)22(30)31/h2-9,15H,10-14H2,1H3,(H,30,31). The molecule has 0 aliphatic carbocycles. The van der Waals surface area contributed by atoms with Gasteiger partial charge < -0.3 is 14.7 Å². The lowest BCUT2D eigenvalue weighted by molar-refractivity contribution is -0.145. The summed E-state index contributed by atoms with van der Waals surface area (Å²) in [5.74, 6) is 0.249. The van der Waals surface area contributed by atoms with Crippen molar-refractivity contribution >= 4 is 35.2 Å². The molecule has 4 rings (SSSR count). The van der Waals surface area contributed by atoms with Crippen molar-refractivity contribution in [3.63, 3.8) is 0 Å². The maximum atomic E-state index is 12.8. The minimum Gasteiger partial charge on any atom is -0.497 e. The number of carbonyl (C=O) groups excluding carboxylic acids is 1. The van der Waals surface area contributed by atoms with Crippen LogP contribution < -0.4 is 4.74 Å². The largest absolute Gasteiger partial charge is 0.497 e. The fraction of sp³-hybridized carbons (Fsp3) is 0.304. The third-order valence-electron chi connectivity index (χ3n) is 5.60. The van der Waals surface area contributed by atoms with Crippen molar-refractivity contribution < 1.29 is 19.4 Å². The van der Waals surface area contributed by atoms with Crippen molar-refractivity contribution in [2.24, 2.45) is 5.92 Å². The first-order chi connectivity index (χ1) is 16.0. The van der Waals surface area contributed by atoms with Gasteiger partial charge in [-0.15, -0.1) is 10.2 Å². The summed E-state index contributed by atoms with van der Waals surface area (Å²) in [6, 6.07) is 14.9. The number of carboxylic acid groups (broad SMARTS) is 1. The van der Waals surface area contributed by atoms with Gasteiger partial charge in [0.1, 0.15) is 5.75 Å². The number of halogens is 1. The highest BCUT2D eigenvalue weighted by Gasteiger charge is 2.27. The Hall–Kier alpha value is -3.04. The van der Waals surface area contributed by atoms with Gasteiger partial charge >= 0.3 is 5.97 Å². The van der Waals surface area contributed by atoms with Gasteiger partial charge in [-0.2, -0.15) is 0 Å². The Morgan fingerprint density at radius 2 is 1.82 bits per heavy atom. The number of benzene rings is 2. The van der Waals surface area contributed by atoms with Crippen LogP contribution in [0.15, 0.2) is 53.7 Å². The van der Waals surface area contributed by atoms with Gasteiger partial charge in [0, 0.05) is 24.3 Å². The van der Waals surface area contributed by atoms with Crippen LogP contribution in [0.25, 0.3) is 17.1 Å². The first-order valence-corrected chi connectivity index (χ1v) is 11.8. The Kier molecular flexibility index (Phi) is 7.20. The summed E-state index contributed by atoms with van der Waals surface area (Å²) in [7, 11) is 1.61. The lowest BCUT2D eigenvalue weighted by Crippen LogP contribution is -2.41. The molecule has 8 nitrogen and oxygen atoms in total. The monoisotopic (exact) mass is 486 g/mol. The van der Waals surface area contributed by atoms with E-state index in [4.69, 9.17) is 21.4 Å². The van der Waals surface area contributed by atoms with Crippen LogP contribution in [0, 0.1) is 5.92 Å². The van der Waals surface area contributed by atoms with Gasteiger partial charge in [0.05, 0.1) is 23.8 Å². The molecule has 2 aromatic carbocycles. The predicted octanol–water partition coefficient (Wildman–Crippen LogP) is 4.01. The summed E-state index contributed by atoms with van der Waals surface area (Å²) in [6.45, 7) is 0.902. The van der Waals surface area contributed by atoms with Gasteiger partial charge in [-0.3, -0.25) is 14.2 Å². The first-order valence-electron chi connectivity index (χ1n) is 10.5. The Morgan fingerprint density at radius 3 is 2.45 bits per heavy atom. The Labute approximate surface area is 200 Å². The van der Waals surface area contributed by atoms with E-state index in [1.807, 2.05) is 47.0 Å². The predicted molar refractivity (Wildman–Crippen MR) is 126 cm³/mol. The molecule has 33 heavy (non-hydrogen) atoms. The van der Waals surface area contributed by atoms with Crippen molar-refractivity contribution in [1.82, 2.24) is 19.7 Å². The lowest BCUT2D eigenvalue weighted by atomic mass is 9.97. The number of aromatic nitrogens is 3. The molecule has 0 radical (unpaired) electrons. The number of aliphatic carboxylic acids is 1. The Balaban J connectivity index is 1.57. The number of ether oxygens (including phenoxy) is 1. The molecule has 3 aromatic rings. The number of likely N-dealkylation sites (tertiary alicyclic amines) is 1. The van der Waals surface area contributed by atoms with Gasteiger partial charge in [0.15, 0.2) is 11.0 Å². The molecule has 0 spiro atoms. The molecule has 1 N–H and O–H groups in total. The van der Waals surface area contributed by atoms with Gasteiger partial charge in [-0.05, 0) is 49.2 Å². The normalized spacial score (nSPS) is 14.3. The number of nitrogens with zero attached hydrogens (tertiary/aromatic N) is 4. The number of carboxylic acids is 1. The fourth-order valence-corrected chi connectivity index (χ4v) is 4.81. The average Bonchev–Trinajstić information content (AvgIpc) is 3.26. The molecule has 1 amide bonds. The summed E-state index contributed by atoms with van der Waals surface area (Å²) in [4.78, 5) is 25.6. The summed E-state index contributed by atoms with van der Waals surface area (Å²) >= 11 is 7.72. The van der Waals surface area contributed by atoms with E-state index in [9.17, 15) is 9.59 Å². The number of amides is 1. The highest BCUT2D eigenvalue weighted by molar-refractivity contribution is 7.99. The van der Waals surface area contributed by atoms with E-state index in [0.717, 1.165) is 17.0 Å². The zero-order valence-corrected chi connectivity index (χ0v) is 19.6. The summed E-state index contributed by atoms with van der Waals surface area (Å²) in [6.07, 6.45) is 0.953. The molecular weight excluding hydrogens is 464 g/mol. The molecular formula is C23H23ClN4O4S. The lowest BCUT2D eigenvalue weighted by Gasteiger charge is -2.30. The van der Waals surface area contributed by atoms with E-state index < -0.39 is 5.97 Å². The maximum Gasteiger partial charge on any atom is 0.306 e. The molecule has 1 aliphatic heterocycles. The first kappa shape index (κ1) is 23.1. The summed E-state index contributed by atoms with van der Waals surface area (Å²) in [5, 5.41) is 19.0. The van der Waals surface area contributed by atoms with Crippen molar-refractivity contribution in [3.05, 3.63) is 53.6 Å². The third-order valence-corrected chi connectivity index (χ3v) is 6.84. The number of piperidine rings is 1.